The van der Waals surface area contributed by atoms with Crippen LogP contribution in [0, 0.1) is 29.5 Å². The van der Waals surface area contributed by atoms with Gasteiger partial charge in [-0.25, -0.2) is 4.39 Å². The van der Waals surface area contributed by atoms with Crippen LogP contribution in [0.3, 0.4) is 0 Å². The highest BCUT2D eigenvalue weighted by molar-refractivity contribution is 6.30. The molecule has 4 atom stereocenters. The minimum absolute atomic E-state index is 0.0365. The second-order valence-corrected chi connectivity index (χ2v) is 9.37. The predicted octanol–water partition coefficient (Wildman–Crippen LogP) is 5.76. The number of anilines is 2. The monoisotopic (exact) mass is 437 g/mol. The highest BCUT2D eigenvalue weighted by Gasteiger charge is 2.44. The van der Waals surface area contributed by atoms with Gasteiger partial charge >= 0.3 is 0 Å². The Morgan fingerprint density at radius 3 is 2.55 bits per heavy atom. The van der Waals surface area contributed by atoms with Crippen molar-refractivity contribution in [3.63, 3.8) is 0 Å². The molecule has 1 N–H and O–H groups in total. The van der Waals surface area contributed by atoms with Crippen LogP contribution in [0.5, 0.6) is 0 Å². The lowest BCUT2D eigenvalue weighted by molar-refractivity contribution is -0.120. The van der Waals surface area contributed by atoms with E-state index in [0.29, 0.717) is 22.8 Å². The Morgan fingerprint density at radius 1 is 1.13 bits per heavy atom. The van der Waals surface area contributed by atoms with Crippen LogP contribution in [0.1, 0.15) is 19.8 Å². The third-order valence-corrected chi connectivity index (χ3v) is 7.29. The van der Waals surface area contributed by atoms with E-state index in [4.69, 9.17) is 11.6 Å². The second kappa shape index (κ2) is 8.12. The van der Waals surface area contributed by atoms with E-state index in [9.17, 15) is 9.18 Å². The number of pyridine rings is 1. The largest absolute Gasteiger partial charge is 0.370 e. The quantitative estimate of drug-likeness (QED) is 0.564. The Hall–Kier alpha value is -2.66. The van der Waals surface area contributed by atoms with Crippen LogP contribution < -0.4 is 10.2 Å². The highest BCUT2D eigenvalue weighted by atomic mass is 35.5. The van der Waals surface area contributed by atoms with Crippen molar-refractivity contribution < 1.29 is 9.18 Å². The number of aromatic nitrogens is 1. The number of carbonyl (C=O) groups excluding carboxylic acids is 1. The Balaban J connectivity index is 1.24. The first kappa shape index (κ1) is 20.3. The van der Waals surface area contributed by atoms with E-state index >= 15 is 0 Å². The zero-order chi connectivity index (χ0) is 21.5. The third-order valence-electron chi connectivity index (χ3n) is 7.04. The molecule has 2 fully saturated rings. The van der Waals surface area contributed by atoms with Gasteiger partial charge in [-0.3, -0.25) is 9.78 Å². The number of hydrogen-bond donors (Lipinski definition) is 1. The van der Waals surface area contributed by atoms with Crippen molar-refractivity contribution in [1.29, 1.82) is 0 Å². The number of carbonyl (C=O) groups is 1. The van der Waals surface area contributed by atoms with Gasteiger partial charge in [-0.05, 0) is 79.1 Å². The first-order valence-corrected chi connectivity index (χ1v) is 11.2. The molecule has 31 heavy (non-hydrogen) atoms. The summed E-state index contributed by atoms with van der Waals surface area (Å²) in [4.78, 5) is 19.5. The Labute approximate surface area is 186 Å². The van der Waals surface area contributed by atoms with Crippen molar-refractivity contribution in [2.45, 2.75) is 19.8 Å². The highest BCUT2D eigenvalue weighted by Crippen LogP contribution is 2.46. The summed E-state index contributed by atoms with van der Waals surface area (Å²) in [6, 6.07) is 14.0. The molecule has 0 bridgehead atoms. The standard InChI is InChI=1S/C25H25ClFN3O/c1-15(25(31)29-21-5-2-19(26)3-6-21)16-10-17-13-30(14-18(17)11-16)24-8-9-28-23-7-4-20(27)12-22(23)24/h2-9,12,15-18H,10-11,13-14H2,1H3,(H,29,31)/t15?,16-,17+,18?/m0/s1. The van der Waals surface area contributed by atoms with E-state index < -0.39 is 0 Å². The van der Waals surface area contributed by atoms with Crippen LogP contribution in [0.4, 0.5) is 15.8 Å². The SMILES string of the molecule is CC(C(=O)Nc1ccc(Cl)cc1)[C@@H]1CC2CN(c3ccnc4ccc(F)cc34)C[C@H]2C1. The molecule has 1 aliphatic heterocycles. The number of halogens is 2. The average molecular weight is 438 g/mol. The molecule has 1 amide bonds. The average Bonchev–Trinajstić information content (AvgIpc) is 3.33. The van der Waals surface area contributed by atoms with Crippen molar-refractivity contribution in [2.75, 3.05) is 23.3 Å². The van der Waals surface area contributed by atoms with E-state index in [-0.39, 0.29) is 17.6 Å². The van der Waals surface area contributed by atoms with E-state index in [1.807, 2.05) is 25.1 Å². The number of nitrogens with one attached hydrogen (secondary N) is 1. The molecule has 4 nitrogen and oxygen atoms in total. The van der Waals surface area contributed by atoms with Gasteiger partial charge in [0.1, 0.15) is 5.82 Å². The van der Waals surface area contributed by atoms with Crippen LogP contribution in [-0.2, 0) is 4.79 Å². The maximum absolute atomic E-state index is 13.8. The lowest BCUT2D eigenvalue weighted by Crippen LogP contribution is -2.28. The molecular formula is C25H25ClFN3O. The van der Waals surface area contributed by atoms with Crippen molar-refractivity contribution in [3.8, 4) is 0 Å². The fraction of sp³-hybridized carbons (Fsp3) is 0.360. The maximum Gasteiger partial charge on any atom is 0.227 e. The maximum atomic E-state index is 13.8. The summed E-state index contributed by atoms with van der Waals surface area (Å²) in [5, 5.41) is 4.55. The number of nitrogens with zero attached hydrogens (tertiary/aromatic N) is 2. The number of rotatable bonds is 4. The fourth-order valence-corrected chi connectivity index (χ4v) is 5.46. The summed E-state index contributed by atoms with van der Waals surface area (Å²) >= 11 is 5.93. The number of amides is 1. The van der Waals surface area contributed by atoms with Gasteiger partial charge in [0, 0.05) is 47.0 Å². The molecule has 1 saturated carbocycles. The van der Waals surface area contributed by atoms with Crippen molar-refractivity contribution >= 4 is 39.8 Å². The first-order valence-electron chi connectivity index (χ1n) is 10.8. The number of hydrogen-bond acceptors (Lipinski definition) is 3. The molecule has 0 radical (unpaired) electrons. The van der Waals surface area contributed by atoms with Crippen LogP contribution >= 0.6 is 11.6 Å². The number of fused-ring (bicyclic) bond motifs is 2. The summed E-state index contributed by atoms with van der Waals surface area (Å²) in [6.45, 7) is 3.93. The van der Waals surface area contributed by atoms with Gasteiger partial charge in [0.15, 0.2) is 0 Å². The third kappa shape index (κ3) is 3.99. The number of benzene rings is 2. The lowest BCUT2D eigenvalue weighted by Gasteiger charge is -2.24. The molecule has 160 valence electrons. The van der Waals surface area contributed by atoms with E-state index in [1.165, 1.54) is 6.07 Å². The molecule has 0 spiro atoms. The summed E-state index contributed by atoms with van der Waals surface area (Å²) in [5.41, 5.74) is 2.66. The predicted molar refractivity (Wildman–Crippen MR) is 123 cm³/mol. The first-order chi connectivity index (χ1) is 15.0. The van der Waals surface area contributed by atoms with Crippen molar-refractivity contribution in [1.82, 2.24) is 4.98 Å². The van der Waals surface area contributed by atoms with Gasteiger partial charge in [0.2, 0.25) is 5.91 Å². The van der Waals surface area contributed by atoms with E-state index in [1.54, 1.807) is 30.5 Å². The van der Waals surface area contributed by atoms with Gasteiger partial charge < -0.3 is 10.2 Å². The van der Waals surface area contributed by atoms with Gasteiger partial charge in [0.25, 0.3) is 0 Å². The fourth-order valence-electron chi connectivity index (χ4n) is 5.33. The Kier molecular flexibility index (Phi) is 5.30. The van der Waals surface area contributed by atoms with Gasteiger partial charge in [0.05, 0.1) is 5.52 Å². The zero-order valence-corrected chi connectivity index (χ0v) is 18.1. The second-order valence-electron chi connectivity index (χ2n) is 8.93. The topological polar surface area (TPSA) is 45.2 Å². The molecule has 1 saturated heterocycles. The van der Waals surface area contributed by atoms with E-state index in [2.05, 4.69) is 15.2 Å². The molecule has 1 aliphatic carbocycles. The molecule has 5 rings (SSSR count). The smallest absolute Gasteiger partial charge is 0.227 e. The summed E-state index contributed by atoms with van der Waals surface area (Å²) in [7, 11) is 0. The lowest BCUT2D eigenvalue weighted by atomic mass is 9.90. The molecule has 6 heteroatoms. The van der Waals surface area contributed by atoms with E-state index in [0.717, 1.165) is 48.2 Å². The Morgan fingerprint density at radius 2 is 1.84 bits per heavy atom. The van der Waals surface area contributed by atoms with Gasteiger partial charge in [-0.15, -0.1) is 0 Å². The van der Waals surface area contributed by atoms with Gasteiger partial charge in [-0.2, -0.15) is 0 Å². The molecule has 2 aliphatic rings. The molecule has 3 aromatic rings. The van der Waals surface area contributed by atoms with Crippen molar-refractivity contribution in [3.05, 3.63) is 65.6 Å². The minimum Gasteiger partial charge on any atom is -0.370 e. The molecular weight excluding hydrogens is 413 g/mol. The normalized spacial score (nSPS) is 23.7. The van der Waals surface area contributed by atoms with Gasteiger partial charge in [-0.1, -0.05) is 18.5 Å². The summed E-state index contributed by atoms with van der Waals surface area (Å²) in [5.74, 6) is 1.31. The van der Waals surface area contributed by atoms with Crippen LogP contribution in [0.2, 0.25) is 5.02 Å². The van der Waals surface area contributed by atoms with Crippen LogP contribution in [-0.4, -0.2) is 24.0 Å². The zero-order valence-electron chi connectivity index (χ0n) is 17.4. The van der Waals surface area contributed by atoms with Crippen LogP contribution in [0.15, 0.2) is 54.7 Å². The molecule has 1 aromatic heterocycles. The minimum atomic E-state index is -0.235. The summed E-state index contributed by atoms with van der Waals surface area (Å²) < 4.78 is 13.8. The van der Waals surface area contributed by atoms with Crippen molar-refractivity contribution in [2.24, 2.45) is 23.7 Å². The van der Waals surface area contributed by atoms with Crippen LogP contribution in [0.25, 0.3) is 10.9 Å². The molecule has 2 aromatic carbocycles. The Bertz CT molecular complexity index is 1110. The molecule has 2 heterocycles. The summed E-state index contributed by atoms with van der Waals surface area (Å²) in [6.07, 6.45) is 3.90. The molecule has 2 unspecified atom stereocenters.